The van der Waals surface area contributed by atoms with E-state index in [0.717, 1.165) is 10.0 Å². The zero-order valence-electron chi connectivity index (χ0n) is 9.09. The second-order valence-electron chi connectivity index (χ2n) is 3.56. The molecule has 0 aromatic heterocycles. The molecule has 5 heteroatoms. The molecule has 0 aliphatic carbocycles. The average Bonchev–Trinajstić information content (AvgIpc) is 2.34. The number of rotatable bonds is 3. The van der Waals surface area contributed by atoms with Crippen molar-refractivity contribution >= 4 is 39.1 Å². The molecular formula is C13H8BrCl2FO. The third-order valence-electron chi connectivity index (χ3n) is 2.30. The summed E-state index contributed by atoms with van der Waals surface area (Å²) in [6.45, 7) is 0. The Morgan fingerprint density at radius 3 is 2.39 bits per heavy atom. The van der Waals surface area contributed by atoms with E-state index in [4.69, 9.17) is 27.9 Å². The van der Waals surface area contributed by atoms with E-state index in [-0.39, 0.29) is 5.02 Å². The summed E-state index contributed by atoms with van der Waals surface area (Å²) in [5.41, 5.74) is 0.964. The summed E-state index contributed by atoms with van der Waals surface area (Å²) in [5.74, 6) is 0.890. The van der Waals surface area contributed by atoms with Gasteiger partial charge in [0.2, 0.25) is 0 Å². The fraction of sp³-hybridized carbons (Fsp3) is 0.0769. The van der Waals surface area contributed by atoms with Crippen LogP contribution in [0, 0.1) is 5.82 Å². The van der Waals surface area contributed by atoms with Crippen molar-refractivity contribution in [2.24, 2.45) is 0 Å². The van der Waals surface area contributed by atoms with Crippen molar-refractivity contribution in [2.45, 2.75) is 5.88 Å². The van der Waals surface area contributed by atoms with Gasteiger partial charge in [-0.05, 0) is 29.8 Å². The molecule has 0 bridgehead atoms. The topological polar surface area (TPSA) is 9.23 Å². The Hall–Kier alpha value is -0.770. The van der Waals surface area contributed by atoms with Crippen LogP contribution in [-0.2, 0) is 5.88 Å². The molecule has 0 atom stereocenters. The molecule has 2 aromatic rings. The number of hydrogen-bond donors (Lipinski definition) is 0. The molecule has 1 nitrogen and oxygen atoms in total. The Bertz CT molecular complexity index is 575. The van der Waals surface area contributed by atoms with Crippen LogP contribution in [0.4, 0.5) is 4.39 Å². The standard InChI is InChI=1S/C13H8BrCl2FO/c14-11-5-9(2-1-8(11)7-15)18-10-3-4-12(16)13(17)6-10/h1-6H,7H2. The molecule has 0 unspecified atom stereocenters. The molecule has 0 aliphatic rings. The third kappa shape index (κ3) is 3.16. The third-order valence-corrected chi connectivity index (χ3v) is 3.63. The lowest BCUT2D eigenvalue weighted by Gasteiger charge is -2.08. The van der Waals surface area contributed by atoms with E-state index in [0.29, 0.717) is 17.4 Å². The van der Waals surface area contributed by atoms with E-state index >= 15 is 0 Å². The molecule has 0 amide bonds. The van der Waals surface area contributed by atoms with Crippen molar-refractivity contribution in [3.63, 3.8) is 0 Å². The molecule has 18 heavy (non-hydrogen) atoms. The van der Waals surface area contributed by atoms with E-state index < -0.39 is 5.82 Å². The molecule has 94 valence electrons. The Morgan fingerprint density at radius 1 is 1.11 bits per heavy atom. The van der Waals surface area contributed by atoms with Gasteiger partial charge >= 0.3 is 0 Å². The number of halogens is 4. The van der Waals surface area contributed by atoms with Gasteiger partial charge in [0.1, 0.15) is 17.3 Å². The van der Waals surface area contributed by atoms with Crippen LogP contribution in [0.2, 0.25) is 5.02 Å². The Labute approximate surface area is 123 Å². The van der Waals surface area contributed by atoms with Crippen molar-refractivity contribution in [1.82, 2.24) is 0 Å². The summed E-state index contributed by atoms with van der Waals surface area (Å²) in [6.07, 6.45) is 0. The van der Waals surface area contributed by atoms with Crippen LogP contribution in [0.1, 0.15) is 5.56 Å². The Balaban J connectivity index is 2.23. The first-order valence-electron chi connectivity index (χ1n) is 5.07. The molecule has 0 saturated heterocycles. The zero-order chi connectivity index (χ0) is 13.1. The molecule has 0 heterocycles. The maximum atomic E-state index is 13.2. The average molecular weight is 350 g/mol. The number of hydrogen-bond acceptors (Lipinski definition) is 1. The van der Waals surface area contributed by atoms with Crippen molar-refractivity contribution in [1.29, 1.82) is 0 Å². The quantitative estimate of drug-likeness (QED) is 0.639. The van der Waals surface area contributed by atoms with Gasteiger partial charge in [-0.15, -0.1) is 11.6 Å². The monoisotopic (exact) mass is 348 g/mol. The van der Waals surface area contributed by atoms with Crippen LogP contribution in [0.25, 0.3) is 0 Å². The molecule has 0 fully saturated rings. The van der Waals surface area contributed by atoms with Gasteiger partial charge < -0.3 is 4.74 Å². The summed E-state index contributed by atoms with van der Waals surface area (Å²) in [7, 11) is 0. The minimum absolute atomic E-state index is 0.0704. The second-order valence-corrected chi connectivity index (χ2v) is 5.09. The van der Waals surface area contributed by atoms with E-state index in [1.54, 1.807) is 18.2 Å². The molecule has 0 aliphatic heterocycles. The first-order valence-corrected chi connectivity index (χ1v) is 6.78. The maximum Gasteiger partial charge on any atom is 0.145 e. The lowest BCUT2D eigenvalue weighted by atomic mass is 10.2. The highest BCUT2D eigenvalue weighted by Crippen LogP contribution is 2.29. The Kier molecular flexibility index (Phi) is 4.49. The summed E-state index contributed by atoms with van der Waals surface area (Å²) in [6, 6.07) is 9.70. The number of alkyl halides is 1. The molecule has 0 N–H and O–H groups in total. The van der Waals surface area contributed by atoms with Gasteiger partial charge in [0, 0.05) is 16.4 Å². The highest BCUT2D eigenvalue weighted by Gasteiger charge is 2.05. The predicted octanol–water partition coefficient (Wildman–Crippen LogP) is 5.77. The minimum Gasteiger partial charge on any atom is -0.457 e. The van der Waals surface area contributed by atoms with Crippen LogP contribution in [0.15, 0.2) is 40.9 Å². The highest BCUT2D eigenvalue weighted by molar-refractivity contribution is 9.10. The van der Waals surface area contributed by atoms with Gasteiger partial charge in [0.05, 0.1) is 5.02 Å². The lowest BCUT2D eigenvalue weighted by Crippen LogP contribution is -1.88. The van der Waals surface area contributed by atoms with Gasteiger partial charge in [0.25, 0.3) is 0 Å². The van der Waals surface area contributed by atoms with Crippen LogP contribution < -0.4 is 4.74 Å². The summed E-state index contributed by atoms with van der Waals surface area (Å²) >= 11 is 14.7. The fourth-order valence-electron chi connectivity index (χ4n) is 1.38. The normalized spacial score (nSPS) is 10.4. The lowest BCUT2D eigenvalue weighted by molar-refractivity contribution is 0.476. The molecule has 0 saturated carbocycles. The number of benzene rings is 2. The van der Waals surface area contributed by atoms with E-state index in [1.165, 1.54) is 12.1 Å². The highest BCUT2D eigenvalue weighted by atomic mass is 79.9. The molecular weight excluding hydrogens is 342 g/mol. The van der Waals surface area contributed by atoms with Crippen molar-refractivity contribution < 1.29 is 9.13 Å². The smallest absolute Gasteiger partial charge is 0.145 e. The van der Waals surface area contributed by atoms with Crippen LogP contribution in [-0.4, -0.2) is 0 Å². The fourth-order valence-corrected chi connectivity index (χ4v) is 2.39. The largest absolute Gasteiger partial charge is 0.457 e. The van der Waals surface area contributed by atoms with Crippen molar-refractivity contribution in [3.8, 4) is 11.5 Å². The van der Waals surface area contributed by atoms with Gasteiger partial charge in [-0.1, -0.05) is 33.6 Å². The maximum absolute atomic E-state index is 13.2. The summed E-state index contributed by atoms with van der Waals surface area (Å²) in [4.78, 5) is 0. The summed E-state index contributed by atoms with van der Waals surface area (Å²) in [5, 5.41) is 0.0704. The SMILES string of the molecule is Fc1cc(Oc2ccc(CCl)c(Br)c2)ccc1Cl. The van der Waals surface area contributed by atoms with Crippen LogP contribution in [0.3, 0.4) is 0 Å². The number of ether oxygens (including phenoxy) is 1. The summed E-state index contributed by atoms with van der Waals surface area (Å²) < 4.78 is 19.6. The van der Waals surface area contributed by atoms with Crippen molar-refractivity contribution in [2.75, 3.05) is 0 Å². The second kappa shape index (κ2) is 5.91. The van der Waals surface area contributed by atoms with Gasteiger partial charge in [-0.25, -0.2) is 4.39 Å². The minimum atomic E-state index is -0.509. The van der Waals surface area contributed by atoms with Crippen LogP contribution >= 0.6 is 39.1 Å². The molecule has 0 spiro atoms. The van der Waals surface area contributed by atoms with E-state index in [9.17, 15) is 4.39 Å². The van der Waals surface area contributed by atoms with Gasteiger partial charge in [-0.3, -0.25) is 0 Å². The first-order chi connectivity index (χ1) is 8.60. The van der Waals surface area contributed by atoms with Crippen LogP contribution in [0.5, 0.6) is 11.5 Å². The van der Waals surface area contributed by atoms with Gasteiger partial charge in [0.15, 0.2) is 0 Å². The zero-order valence-corrected chi connectivity index (χ0v) is 12.2. The first kappa shape index (κ1) is 13.7. The van der Waals surface area contributed by atoms with E-state index in [1.807, 2.05) is 6.07 Å². The molecule has 0 radical (unpaired) electrons. The van der Waals surface area contributed by atoms with E-state index in [2.05, 4.69) is 15.9 Å². The Morgan fingerprint density at radius 2 is 1.78 bits per heavy atom. The van der Waals surface area contributed by atoms with Crippen molar-refractivity contribution in [3.05, 3.63) is 57.3 Å². The predicted molar refractivity (Wildman–Crippen MR) is 75.2 cm³/mol. The molecule has 2 aromatic carbocycles. The van der Waals surface area contributed by atoms with Gasteiger partial charge in [-0.2, -0.15) is 0 Å². The molecule has 2 rings (SSSR count).